The molecule has 0 atom stereocenters. The maximum Gasteiger partial charge on any atom is 0.225 e. The number of benzene rings is 2. The Hall–Kier alpha value is -2.54. The van der Waals surface area contributed by atoms with Gasteiger partial charge in [0.2, 0.25) is 5.91 Å². The minimum Gasteiger partial charge on any atom is -0.486 e. The van der Waals surface area contributed by atoms with Gasteiger partial charge in [0.05, 0.1) is 10.6 Å². The monoisotopic (exact) mass is 389 g/mol. The van der Waals surface area contributed by atoms with Crippen molar-refractivity contribution in [2.45, 2.75) is 32.1 Å². The fourth-order valence-corrected chi connectivity index (χ4v) is 4.39. The topological polar surface area (TPSA) is 81.7 Å². The summed E-state index contributed by atoms with van der Waals surface area (Å²) >= 11 is 0. The quantitative estimate of drug-likeness (QED) is 0.849. The van der Waals surface area contributed by atoms with Crippen LogP contribution >= 0.6 is 0 Å². The van der Waals surface area contributed by atoms with Crippen LogP contribution < -0.4 is 14.8 Å². The summed E-state index contributed by atoms with van der Waals surface area (Å²) in [5.74, 6) is 0.342. The third kappa shape index (κ3) is 4.42. The van der Waals surface area contributed by atoms with E-state index >= 15 is 0 Å². The van der Waals surface area contributed by atoms with Crippen LogP contribution in [0, 0.1) is 20.8 Å². The molecule has 1 aliphatic heterocycles. The predicted octanol–water partition coefficient (Wildman–Crippen LogP) is 3.19. The van der Waals surface area contributed by atoms with Crippen molar-refractivity contribution in [2.75, 3.05) is 24.3 Å². The molecule has 0 aliphatic carbocycles. The van der Waals surface area contributed by atoms with Crippen molar-refractivity contribution in [3.8, 4) is 11.5 Å². The molecule has 0 aromatic heterocycles. The van der Waals surface area contributed by atoms with E-state index in [9.17, 15) is 13.2 Å². The number of nitrogens with one attached hydrogen (secondary N) is 1. The lowest BCUT2D eigenvalue weighted by atomic mass is 10.1. The summed E-state index contributed by atoms with van der Waals surface area (Å²) in [6.07, 6.45) is -0.121. The molecule has 7 heteroatoms. The minimum absolute atomic E-state index is 0.121. The molecule has 0 fully saturated rings. The highest BCUT2D eigenvalue weighted by atomic mass is 32.2. The number of hydrogen-bond donors (Lipinski definition) is 1. The SMILES string of the molecule is Cc1cc(C)c(NC(=O)CCS(=O)(=O)c2ccc3c(c2)OCCO3)c(C)c1. The smallest absolute Gasteiger partial charge is 0.225 e. The maximum absolute atomic E-state index is 12.6. The number of aryl methyl sites for hydroxylation is 3. The van der Waals surface area contributed by atoms with Gasteiger partial charge < -0.3 is 14.8 Å². The molecule has 6 nitrogen and oxygen atoms in total. The average Bonchev–Trinajstić information content (AvgIpc) is 2.62. The van der Waals surface area contributed by atoms with Crippen molar-refractivity contribution in [2.24, 2.45) is 0 Å². The molecule has 3 rings (SSSR count). The summed E-state index contributed by atoms with van der Waals surface area (Å²) in [6.45, 7) is 6.65. The number of anilines is 1. The van der Waals surface area contributed by atoms with E-state index in [0.29, 0.717) is 24.7 Å². The van der Waals surface area contributed by atoms with Crippen LogP contribution in [0.5, 0.6) is 11.5 Å². The second-order valence-electron chi connectivity index (χ2n) is 6.70. The van der Waals surface area contributed by atoms with Gasteiger partial charge in [0.15, 0.2) is 21.3 Å². The number of ether oxygens (including phenoxy) is 2. The summed E-state index contributed by atoms with van der Waals surface area (Å²) in [4.78, 5) is 12.4. The van der Waals surface area contributed by atoms with Crippen LogP contribution in [0.15, 0.2) is 35.2 Å². The predicted molar refractivity (Wildman–Crippen MR) is 103 cm³/mol. The lowest BCUT2D eigenvalue weighted by Crippen LogP contribution is -2.19. The molecule has 144 valence electrons. The molecule has 0 saturated heterocycles. The van der Waals surface area contributed by atoms with Crippen LogP contribution in [0.3, 0.4) is 0 Å². The van der Waals surface area contributed by atoms with Crippen molar-refractivity contribution < 1.29 is 22.7 Å². The highest BCUT2D eigenvalue weighted by Crippen LogP contribution is 2.32. The zero-order valence-electron chi connectivity index (χ0n) is 15.7. The Morgan fingerprint density at radius 1 is 1.00 bits per heavy atom. The highest BCUT2D eigenvalue weighted by molar-refractivity contribution is 7.91. The fourth-order valence-electron chi connectivity index (χ4n) is 3.14. The van der Waals surface area contributed by atoms with E-state index < -0.39 is 9.84 Å². The third-order valence-corrected chi connectivity index (χ3v) is 6.13. The summed E-state index contributed by atoms with van der Waals surface area (Å²) in [5, 5.41) is 2.83. The third-order valence-electron chi connectivity index (χ3n) is 4.41. The van der Waals surface area contributed by atoms with E-state index in [-0.39, 0.29) is 23.0 Å². The number of rotatable bonds is 5. The molecular weight excluding hydrogens is 366 g/mol. The average molecular weight is 389 g/mol. The molecule has 27 heavy (non-hydrogen) atoms. The molecule has 0 saturated carbocycles. The van der Waals surface area contributed by atoms with Crippen LogP contribution in [0.2, 0.25) is 0 Å². The number of sulfone groups is 1. The van der Waals surface area contributed by atoms with Gasteiger partial charge in [-0.1, -0.05) is 17.7 Å². The minimum atomic E-state index is -3.60. The Balaban J connectivity index is 1.68. The second-order valence-corrected chi connectivity index (χ2v) is 8.81. The van der Waals surface area contributed by atoms with Gasteiger partial charge in [-0.3, -0.25) is 4.79 Å². The lowest BCUT2D eigenvalue weighted by Gasteiger charge is -2.18. The first-order valence-corrected chi connectivity index (χ1v) is 10.4. The maximum atomic E-state index is 12.6. The van der Waals surface area contributed by atoms with Crippen molar-refractivity contribution in [1.82, 2.24) is 0 Å². The van der Waals surface area contributed by atoms with Crippen LogP contribution in [0.4, 0.5) is 5.69 Å². The van der Waals surface area contributed by atoms with E-state index in [1.54, 1.807) is 6.07 Å². The van der Waals surface area contributed by atoms with Gasteiger partial charge in [-0.15, -0.1) is 0 Å². The van der Waals surface area contributed by atoms with E-state index in [4.69, 9.17) is 9.47 Å². The normalized spacial score (nSPS) is 13.3. The molecule has 1 heterocycles. The highest BCUT2D eigenvalue weighted by Gasteiger charge is 2.21. The van der Waals surface area contributed by atoms with Crippen LogP contribution in [0.25, 0.3) is 0 Å². The number of hydrogen-bond acceptors (Lipinski definition) is 5. The Morgan fingerprint density at radius 3 is 2.30 bits per heavy atom. The molecule has 1 N–H and O–H groups in total. The fraction of sp³-hybridized carbons (Fsp3) is 0.350. The summed E-state index contributed by atoms with van der Waals surface area (Å²) < 4.78 is 36.0. The first kappa shape index (κ1) is 19.2. The van der Waals surface area contributed by atoms with Crippen molar-refractivity contribution in [3.63, 3.8) is 0 Å². The first-order chi connectivity index (χ1) is 12.8. The second kappa shape index (κ2) is 7.60. The Morgan fingerprint density at radius 2 is 1.63 bits per heavy atom. The van der Waals surface area contributed by atoms with Gasteiger partial charge in [-0.05, 0) is 44.0 Å². The number of carbonyl (C=O) groups is 1. The lowest BCUT2D eigenvalue weighted by molar-refractivity contribution is -0.115. The van der Waals surface area contributed by atoms with Crippen LogP contribution in [-0.4, -0.2) is 33.3 Å². The molecule has 2 aromatic carbocycles. The van der Waals surface area contributed by atoms with Gasteiger partial charge in [0.25, 0.3) is 0 Å². The first-order valence-electron chi connectivity index (χ1n) is 8.76. The number of fused-ring (bicyclic) bond motifs is 1. The molecule has 1 amide bonds. The zero-order chi connectivity index (χ0) is 19.6. The van der Waals surface area contributed by atoms with Gasteiger partial charge in [-0.2, -0.15) is 0 Å². The van der Waals surface area contributed by atoms with Gasteiger partial charge in [0, 0.05) is 18.2 Å². The summed E-state index contributed by atoms with van der Waals surface area (Å²) in [7, 11) is -3.60. The number of amides is 1. The molecule has 0 unspecified atom stereocenters. The summed E-state index contributed by atoms with van der Waals surface area (Å²) in [6, 6.07) is 8.48. The van der Waals surface area contributed by atoms with Crippen molar-refractivity contribution in [1.29, 1.82) is 0 Å². The Labute approximate surface area is 159 Å². The van der Waals surface area contributed by atoms with E-state index in [0.717, 1.165) is 22.4 Å². The van der Waals surface area contributed by atoms with E-state index in [2.05, 4.69) is 5.32 Å². The van der Waals surface area contributed by atoms with E-state index in [1.807, 2.05) is 32.9 Å². The van der Waals surface area contributed by atoms with Gasteiger partial charge in [0.1, 0.15) is 13.2 Å². The summed E-state index contributed by atoms with van der Waals surface area (Å²) in [5.41, 5.74) is 3.76. The Bertz CT molecular complexity index is 959. The van der Waals surface area contributed by atoms with Gasteiger partial charge in [-0.25, -0.2) is 8.42 Å². The Kier molecular flexibility index (Phi) is 5.41. The van der Waals surface area contributed by atoms with Crippen LogP contribution in [-0.2, 0) is 14.6 Å². The molecule has 0 spiro atoms. The molecule has 2 aromatic rings. The molecule has 0 radical (unpaired) electrons. The molecule has 0 bridgehead atoms. The van der Waals surface area contributed by atoms with Crippen LogP contribution in [0.1, 0.15) is 23.1 Å². The standard InChI is InChI=1S/C20H23NO5S/c1-13-10-14(2)20(15(3)11-13)21-19(22)6-9-27(23,24)16-4-5-17-18(12-16)26-8-7-25-17/h4-5,10-12H,6-9H2,1-3H3,(H,21,22). The zero-order valence-corrected chi connectivity index (χ0v) is 16.5. The van der Waals surface area contributed by atoms with Gasteiger partial charge >= 0.3 is 0 Å². The molecule has 1 aliphatic rings. The molecular formula is C20H23NO5S. The largest absolute Gasteiger partial charge is 0.486 e. The van der Waals surface area contributed by atoms with Crippen molar-refractivity contribution >= 4 is 21.4 Å². The van der Waals surface area contributed by atoms with E-state index in [1.165, 1.54) is 12.1 Å². The van der Waals surface area contributed by atoms with Crippen molar-refractivity contribution in [3.05, 3.63) is 47.0 Å². The number of carbonyl (C=O) groups excluding carboxylic acids is 1.